The molecule has 1 aliphatic heterocycles. The van der Waals surface area contributed by atoms with Crippen LogP contribution in [0.1, 0.15) is 31.4 Å². The maximum Gasteiger partial charge on any atom is 0.123 e. The van der Waals surface area contributed by atoms with Crippen LogP contribution in [0.25, 0.3) is 0 Å². The second-order valence-electron chi connectivity index (χ2n) is 6.32. The summed E-state index contributed by atoms with van der Waals surface area (Å²) in [5, 5.41) is 10.0. The molecule has 1 fully saturated rings. The Balaban J connectivity index is 2.11. The predicted octanol–water partition coefficient (Wildman–Crippen LogP) is 2.60. The average Bonchev–Trinajstić information content (AvgIpc) is 2.34. The summed E-state index contributed by atoms with van der Waals surface area (Å²) >= 11 is 0. The Morgan fingerprint density at radius 3 is 2.79 bits per heavy atom. The van der Waals surface area contributed by atoms with Crippen molar-refractivity contribution in [1.29, 1.82) is 0 Å². The molecule has 3 nitrogen and oxygen atoms in total. The molecule has 0 aromatic heterocycles. The lowest BCUT2D eigenvalue weighted by Crippen LogP contribution is -2.48. The van der Waals surface area contributed by atoms with Gasteiger partial charge in [-0.15, -0.1) is 0 Å². The Kier molecular flexibility index (Phi) is 4.16. The number of ether oxygens (including phenoxy) is 1. The van der Waals surface area contributed by atoms with Crippen molar-refractivity contribution >= 4 is 0 Å². The first kappa shape index (κ1) is 14.4. The predicted molar refractivity (Wildman–Crippen MR) is 77.4 cm³/mol. The summed E-state index contributed by atoms with van der Waals surface area (Å²) in [7, 11) is 1.72. The van der Waals surface area contributed by atoms with Gasteiger partial charge in [0.15, 0.2) is 0 Å². The van der Waals surface area contributed by atoms with Crippen molar-refractivity contribution in [1.82, 2.24) is 4.90 Å². The molecule has 0 amide bonds. The van der Waals surface area contributed by atoms with Crippen molar-refractivity contribution in [3.63, 3.8) is 0 Å². The first-order chi connectivity index (χ1) is 8.92. The van der Waals surface area contributed by atoms with E-state index in [1.54, 1.807) is 7.11 Å². The van der Waals surface area contributed by atoms with Gasteiger partial charge in [0.1, 0.15) is 5.75 Å². The van der Waals surface area contributed by atoms with E-state index in [0.29, 0.717) is 0 Å². The van der Waals surface area contributed by atoms with Crippen molar-refractivity contribution in [2.75, 3.05) is 20.2 Å². The molecule has 0 aliphatic carbocycles. The lowest BCUT2D eigenvalue weighted by atomic mass is 9.81. The maximum atomic E-state index is 10.0. The molecular weight excluding hydrogens is 238 g/mol. The number of benzene rings is 1. The average molecular weight is 263 g/mol. The highest BCUT2D eigenvalue weighted by Gasteiger charge is 2.34. The van der Waals surface area contributed by atoms with E-state index in [1.165, 1.54) is 11.1 Å². The van der Waals surface area contributed by atoms with Crippen LogP contribution in [0.3, 0.4) is 0 Å². The van der Waals surface area contributed by atoms with Crippen molar-refractivity contribution in [2.24, 2.45) is 5.41 Å². The zero-order chi connectivity index (χ0) is 14.0. The minimum Gasteiger partial charge on any atom is -0.496 e. The van der Waals surface area contributed by atoms with E-state index in [4.69, 9.17) is 4.74 Å². The minimum absolute atomic E-state index is 0.0324. The lowest BCUT2D eigenvalue weighted by Gasteiger charge is -2.42. The highest BCUT2D eigenvalue weighted by molar-refractivity contribution is 5.36. The van der Waals surface area contributed by atoms with Crippen molar-refractivity contribution in [2.45, 2.75) is 39.8 Å². The largest absolute Gasteiger partial charge is 0.496 e. The van der Waals surface area contributed by atoms with Gasteiger partial charge in [-0.2, -0.15) is 0 Å². The first-order valence-corrected chi connectivity index (χ1v) is 6.96. The van der Waals surface area contributed by atoms with Gasteiger partial charge in [0.05, 0.1) is 13.2 Å². The molecule has 0 saturated carbocycles. The fourth-order valence-electron chi connectivity index (χ4n) is 2.86. The summed E-state index contributed by atoms with van der Waals surface area (Å²) in [6.45, 7) is 9.13. The van der Waals surface area contributed by atoms with E-state index < -0.39 is 0 Å². The molecule has 19 heavy (non-hydrogen) atoms. The number of likely N-dealkylation sites (tertiary alicyclic amines) is 1. The molecule has 2 rings (SSSR count). The Morgan fingerprint density at radius 1 is 1.42 bits per heavy atom. The van der Waals surface area contributed by atoms with Crippen LogP contribution in [-0.4, -0.2) is 36.3 Å². The summed E-state index contributed by atoms with van der Waals surface area (Å²) < 4.78 is 5.44. The number of rotatable bonds is 3. The molecule has 106 valence electrons. The number of hydrogen-bond acceptors (Lipinski definition) is 3. The number of aryl methyl sites for hydroxylation is 1. The summed E-state index contributed by atoms with van der Waals surface area (Å²) in [5.74, 6) is 0.953. The van der Waals surface area contributed by atoms with E-state index in [9.17, 15) is 5.11 Å². The van der Waals surface area contributed by atoms with E-state index in [0.717, 1.165) is 31.8 Å². The molecule has 1 aromatic carbocycles. The third-order valence-electron chi connectivity index (χ3n) is 4.08. The number of aliphatic hydroxyl groups is 1. The molecular formula is C16H25NO2. The summed E-state index contributed by atoms with van der Waals surface area (Å²) in [4.78, 5) is 2.41. The molecule has 1 unspecified atom stereocenters. The van der Waals surface area contributed by atoms with Crippen molar-refractivity contribution in [3.8, 4) is 5.75 Å². The number of aliphatic hydroxyl groups excluding tert-OH is 1. The van der Waals surface area contributed by atoms with Gasteiger partial charge in [0.25, 0.3) is 0 Å². The SMILES string of the molecule is COc1ccc(C)cc1CN1CCC(O)C(C)(C)C1. The number of nitrogens with zero attached hydrogens (tertiary/aromatic N) is 1. The maximum absolute atomic E-state index is 10.0. The van der Waals surface area contributed by atoms with E-state index >= 15 is 0 Å². The fourth-order valence-corrected chi connectivity index (χ4v) is 2.86. The number of piperidine rings is 1. The second-order valence-corrected chi connectivity index (χ2v) is 6.32. The van der Waals surface area contributed by atoms with Gasteiger partial charge >= 0.3 is 0 Å². The molecule has 1 N–H and O–H groups in total. The molecule has 1 aliphatic rings. The van der Waals surface area contributed by atoms with E-state index in [2.05, 4.69) is 37.8 Å². The highest BCUT2D eigenvalue weighted by Crippen LogP contribution is 2.31. The van der Waals surface area contributed by atoms with Crippen molar-refractivity contribution < 1.29 is 9.84 Å². The van der Waals surface area contributed by atoms with Gasteiger partial charge < -0.3 is 9.84 Å². The highest BCUT2D eigenvalue weighted by atomic mass is 16.5. The van der Waals surface area contributed by atoms with Crippen LogP contribution in [0.5, 0.6) is 5.75 Å². The van der Waals surface area contributed by atoms with Gasteiger partial charge in [0, 0.05) is 30.6 Å². The van der Waals surface area contributed by atoms with E-state index in [-0.39, 0.29) is 11.5 Å². The molecule has 1 atom stereocenters. The first-order valence-electron chi connectivity index (χ1n) is 6.96. The molecule has 3 heteroatoms. The molecule has 1 saturated heterocycles. The Bertz CT molecular complexity index is 442. The standard InChI is InChI=1S/C16H25NO2/c1-12-5-6-14(19-4)13(9-12)10-17-8-7-15(18)16(2,3)11-17/h5-6,9,15,18H,7-8,10-11H2,1-4H3. The van der Waals surface area contributed by atoms with Crippen LogP contribution in [-0.2, 0) is 6.54 Å². The third kappa shape index (κ3) is 3.28. The summed E-state index contributed by atoms with van der Waals surface area (Å²) in [5.41, 5.74) is 2.46. The quantitative estimate of drug-likeness (QED) is 0.910. The van der Waals surface area contributed by atoms with Gasteiger partial charge in [-0.3, -0.25) is 4.90 Å². The Labute approximate surface area is 116 Å². The molecule has 1 aromatic rings. The van der Waals surface area contributed by atoms with Crippen LogP contribution < -0.4 is 4.74 Å². The van der Waals surface area contributed by atoms with Crippen molar-refractivity contribution in [3.05, 3.63) is 29.3 Å². The van der Waals surface area contributed by atoms with Gasteiger partial charge in [0.2, 0.25) is 0 Å². The van der Waals surface area contributed by atoms with E-state index in [1.807, 2.05) is 6.07 Å². The molecule has 1 heterocycles. The number of hydrogen-bond donors (Lipinski definition) is 1. The zero-order valence-corrected chi connectivity index (χ0v) is 12.4. The van der Waals surface area contributed by atoms with Gasteiger partial charge in [-0.1, -0.05) is 31.5 Å². The monoisotopic (exact) mass is 263 g/mol. The van der Waals surface area contributed by atoms with Gasteiger partial charge in [-0.05, 0) is 19.4 Å². The third-order valence-corrected chi connectivity index (χ3v) is 4.08. The zero-order valence-electron chi connectivity index (χ0n) is 12.4. The Hall–Kier alpha value is -1.06. The number of methoxy groups -OCH3 is 1. The van der Waals surface area contributed by atoms with Gasteiger partial charge in [-0.25, -0.2) is 0 Å². The van der Waals surface area contributed by atoms with Crippen LogP contribution in [0.2, 0.25) is 0 Å². The van der Waals surface area contributed by atoms with Crippen LogP contribution in [0, 0.1) is 12.3 Å². The fraction of sp³-hybridized carbons (Fsp3) is 0.625. The van der Waals surface area contributed by atoms with Crippen LogP contribution >= 0.6 is 0 Å². The molecule has 0 bridgehead atoms. The van der Waals surface area contributed by atoms with Crippen LogP contribution in [0.15, 0.2) is 18.2 Å². The summed E-state index contributed by atoms with van der Waals surface area (Å²) in [6.07, 6.45) is 0.657. The second kappa shape index (κ2) is 5.51. The lowest BCUT2D eigenvalue weighted by molar-refractivity contribution is -0.0271. The smallest absolute Gasteiger partial charge is 0.123 e. The summed E-state index contributed by atoms with van der Waals surface area (Å²) in [6, 6.07) is 6.30. The normalized spacial score (nSPS) is 23.3. The molecule has 0 radical (unpaired) electrons. The minimum atomic E-state index is -0.192. The molecule has 0 spiro atoms. The Morgan fingerprint density at radius 2 is 2.16 bits per heavy atom. The van der Waals surface area contributed by atoms with Crippen LogP contribution in [0.4, 0.5) is 0 Å². The topological polar surface area (TPSA) is 32.7 Å².